The molecule has 4 rings (SSSR count). The minimum Gasteiger partial charge on any atom is -0.457 e. The molecule has 8 heteroatoms. The molecular weight excluding hydrogens is 449 g/mol. The Labute approximate surface area is 204 Å². The molecule has 0 radical (unpaired) electrons. The Morgan fingerprint density at radius 1 is 1.03 bits per heavy atom. The maximum Gasteiger partial charge on any atom is 0.269 e. The zero-order valence-electron chi connectivity index (χ0n) is 19.5. The Kier molecular flexibility index (Phi) is 8.41. The van der Waals surface area contributed by atoms with Crippen molar-refractivity contribution in [2.45, 2.75) is 25.4 Å². The van der Waals surface area contributed by atoms with Crippen LogP contribution in [0.3, 0.4) is 0 Å². The Hall–Kier alpha value is -3.33. The summed E-state index contributed by atoms with van der Waals surface area (Å²) >= 11 is 0. The second kappa shape index (κ2) is 11.9. The van der Waals surface area contributed by atoms with Crippen molar-refractivity contribution in [3.63, 3.8) is 0 Å². The first-order valence-electron chi connectivity index (χ1n) is 11.9. The molecule has 0 saturated carbocycles. The van der Waals surface area contributed by atoms with Crippen LogP contribution in [0.15, 0.2) is 60.7 Å². The molecule has 1 aliphatic heterocycles. The van der Waals surface area contributed by atoms with Gasteiger partial charge in [-0.25, -0.2) is 9.37 Å². The number of carbonyl (C=O) groups excluding carboxylic acids is 1. The van der Waals surface area contributed by atoms with Gasteiger partial charge in [0.05, 0.1) is 12.3 Å². The molecule has 7 nitrogen and oxygen atoms in total. The van der Waals surface area contributed by atoms with E-state index in [4.69, 9.17) is 4.74 Å². The fourth-order valence-electron chi connectivity index (χ4n) is 4.05. The summed E-state index contributed by atoms with van der Waals surface area (Å²) in [6.45, 7) is 2.93. The van der Waals surface area contributed by atoms with Crippen molar-refractivity contribution in [3.05, 3.63) is 77.7 Å². The molecule has 1 aliphatic rings. The summed E-state index contributed by atoms with van der Waals surface area (Å²) in [5, 5.41) is 22.6. The minimum absolute atomic E-state index is 0.176. The highest BCUT2D eigenvalue weighted by Gasteiger charge is 2.16. The summed E-state index contributed by atoms with van der Waals surface area (Å²) in [5.74, 6) is 0.401. The van der Waals surface area contributed by atoms with Crippen LogP contribution >= 0.6 is 0 Å². The molecular formula is C27H30FN3O4. The first-order chi connectivity index (χ1) is 17.0. The van der Waals surface area contributed by atoms with Gasteiger partial charge in [0.1, 0.15) is 29.1 Å². The molecule has 0 aliphatic carbocycles. The molecule has 2 aromatic carbocycles. The Morgan fingerprint density at radius 2 is 1.69 bits per heavy atom. The largest absolute Gasteiger partial charge is 0.457 e. The van der Waals surface area contributed by atoms with Gasteiger partial charge in [0.15, 0.2) is 0 Å². The fraction of sp³-hybridized carbons (Fsp3) is 0.333. The van der Waals surface area contributed by atoms with E-state index in [2.05, 4.69) is 15.2 Å². The predicted octanol–water partition coefficient (Wildman–Crippen LogP) is 3.92. The summed E-state index contributed by atoms with van der Waals surface area (Å²) in [6.07, 6.45) is 2.51. The average molecular weight is 480 g/mol. The molecule has 1 saturated heterocycles. The van der Waals surface area contributed by atoms with Crippen LogP contribution in [0.25, 0.3) is 11.3 Å². The van der Waals surface area contributed by atoms with Crippen molar-refractivity contribution in [2.24, 2.45) is 0 Å². The third-order valence-corrected chi connectivity index (χ3v) is 6.00. The van der Waals surface area contributed by atoms with Gasteiger partial charge in [-0.05, 0) is 92.2 Å². The van der Waals surface area contributed by atoms with E-state index in [1.54, 1.807) is 42.5 Å². The predicted molar refractivity (Wildman–Crippen MR) is 131 cm³/mol. The minimum atomic E-state index is -1.13. The lowest BCUT2D eigenvalue weighted by molar-refractivity contribution is 0.0927. The first-order valence-corrected chi connectivity index (χ1v) is 11.9. The zero-order valence-corrected chi connectivity index (χ0v) is 19.5. The molecule has 35 heavy (non-hydrogen) atoms. The number of hydrogen-bond donors (Lipinski definition) is 3. The summed E-state index contributed by atoms with van der Waals surface area (Å²) in [5.41, 5.74) is 1.79. The Morgan fingerprint density at radius 3 is 2.34 bits per heavy atom. The maximum absolute atomic E-state index is 13.1. The van der Waals surface area contributed by atoms with Crippen molar-refractivity contribution < 1.29 is 24.1 Å². The number of aromatic nitrogens is 1. The number of nitrogens with zero attached hydrogens (tertiary/aromatic N) is 2. The average Bonchev–Trinajstić information content (AvgIpc) is 2.90. The van der Waals surface area contributed by atoms with E-state index in [1.165, 1.54) is 37.5 Å². The summed E-state index contributed by atoms with van der Waals surface area (Å²) in [4.78, 5) is 19.7. The van der Waals surface area contributed by atoms with Crippen molar-refractivity contribution >= 4 is 5.91 Å². The lowest BCUT2D eigenvalue weighted by Crippen LogP contribution is -2.37. The van der Waals surface area contributed by atoms with Crippen LogP contribution in [0.4, 0.5) is 4.39 Å². The Bertz CT molecular complexity index is 1120. The number of ether oxygens (including phenoxy) is 1. The smallest absolute Gasteiger partial charge is 0.269 e. The third-order valence-electron chi connectivity index (χ3n) is 6.00. The van der Waals surface area contributed by atoms with Crippen molar-refractivity contribution in [1.82, 2.24) is 15.2 Å². The topological polar surface area (TPSA) is 94.9 Å². The molecule has 3 N–H and O–H groups in total. The van der Waals surface area contributed by atoms with Gasteiger partial charge < -0.3 is 25.2 Å². The molecule has 1 atom stereocenters. The van der Waals surface area contributed by atoms with Crippen LogP contribution in [0, 0.1) is 5.82 Å². The van der Waals surface area contributed by atoms with Crippen LogP contribution in [0.5, 0.6) is 11.5 Å². The molecule has 184 valence electrons. The number of hydrogen-bond acceptors (Lipinski definition) is 6. The molecule has 1 aromatic heterocycles. The van der Waals surface area contributed by atoms with E-state index in [0.717, 1.165) is 19.6 Å². The first kappa shape index (κ1) is 24.8. The van der Waals surface area contributed by atoms with Crippen LogP contribution in [-0.2, 0) is 0 Å². The molecule has 3 aromatic rings. The van der Waals surface area contributed by atoms with E-state index >= 15 is 0 Å². The molecule has 1 fully saturated rings. The number of pyridine rings is 1. The van der Waals surface area contributed by atoms with Gasteiger partial charge in [-0.15, -0.1) is 0 Å². The number of amides is 1. The maximum atomic E-state index is 13.1. The number of aliphatic hydroxyl groups is 2. The van der Waals surface area contributed by atoms with E-state index < -0.39 is 12.7 Å². The quantitative estimate of drug-likeness (QED) is 0.431. The van der Waals surface area contributed by atoms with Crippen LogP contribution in [0.2, 0.25) is 0 Å². The second-order valence-electron chi connectivity index (χ2n) is 8.61. The highest BCUT2D eigenvalue weighted by molar-refractivity contribution is 5.93. The van der Waals surface area contributed by atoms with Crippen LogP contribution < -0.4 is 10.1 Å². The fourth-order valence-corrected chi connectivity index (χ4v) is 4.05. The van der Waals surface area contributed by atoms with Gasteiger partial charge in [0, 0.05) is 18.7 Å². The van der Waals surface area contributed by atoms with E-state index in [-0.39, 0.29) is 17.4 Å². The second-order valence-corrected chi connectivity index (χ2v) is 8.61. The monoisotopic (exact) mass is 479 g/mol. The van der Waals surface area contributed by atoms with Gasteiger partial charge in [0.25, 0.3) is 5.91 Å². The van der Waals surface area contributed by atoms with Crippen LogP contribution in [0.1, 0.15) is 41.4 Å². The molecule has 0 spiro atoms. The van der Waals surface area contributed by atoms with Gasteiger partial charge in [-0.2, -0.15) is 0 Å². The standard InChI is InChI=1S/C27H30FN3O4/c28-21-6-10-23(11-7-21)35-22-8-4-19(5-9-22)24-16-20(26(33)18-32)17-25(30-24)27(34)29-12-15-31-13-2-1-3-14-31/h4-11,16-17,26,32-33H,1-3,12-15,18H2,(H,29,34)/t26-/m1/s1. The number of piperidine rings is 1. The molecule has 0 bridgehead atoms. The van der Waals surface area contributed by atoms with Crippen molar-refractivity contribution in [1.29, 1.82) is 0 Å². The normalized spacial score (nSPS) is 14.9. The number of benzene rings is 2. The molecule has 0 unspecified atom stereocenters. The molecule has 2 heterocycles. The lowest BCUT2D eigenvalue weighted by atomic mass is 10.0. The van der Waals surface area contributed by atoms with Gasteiger partial charge in [-0.3, -0.25) is 4.79 Å². The van der Waals surface area contributed by atoms with Gasteiger partial charge >= 0.3 is 0 Å². The Balaban J connectivity index is 1.48. The van der Waals surface area contributed by atoms with E-state index in [0.29, 0.717) is 34.9 Å². The SMILES string of the molecule is O=C(NCCN1CCCCC1)c1cc([C@H](O)CO)cc(-c2ccc(Oc3ccc(F)cc3)cc2)n1. The summed E-state index contributed by atoms with van der Waals surface area (Å²) in [6, 6.07) is 16.0. The summed E-state index contributed by atoms with van der Waals surface area (Å²) < 4.78 is 18.8. The number of carbonyl (C=O) groups is 1. The number of likely N-dealkylation sites (tertiary alicyclic amines) is 1. The lowest BCUT2D eigenvalue weighted by Gasteiger charge is -2.26. The van der Waals surface area contributed by atoms with Crippen LogP contribution in [-0.4, -0.2) is 58.8 Å². The van der Waals surface area contributed by atoms with Gasteiger partial charge in [-0.1, -0.05) is 6.42 Å². The number of aliphatic hydroxyl groups excluding tert-OH is 2. The molecule has 1 amide bonds. The number of rotatable bonds is 9. The summed E-state index contributed by atoms with van der Waals surface area (Å²) in [7, 11) is 0. The van der Waals surface area contributed by atoms with E-state index in [1.807, 2.05) is 0 Å². The number of nitrogens with one attached hydrogen (secondary N) is 1. The highest BCUT2D eigenvalue weighted by Crippen LogP contribution is 2.27. The third kappa shape index (κ3) is 6.85. The van der Waals surface area contributed by atoms with E-state index in [9.17, 15) is 19.4 Å². The van der Waals surface area contributed by atoms with Crippen molar-refractivity contribution in [3.8, 4) is 22.8 Å². The van der Waals surface area contributed by atoms with Gasteiger partial charge in [0.2, 0.25) is 0 Å². The van der Waals surface area contributed by atoms with Crippen molar-refractivity contribution in [2.75, 3.05) is 32.8 Å². The zero-order chi connectivity index (χ0) is 24.6. The highest BCUT2D eigenvalue weighted by atomic mass is 19.1. The number of halogens is 1.